The average Bonchev–Trinajstić information content (AvgIpc) is 2.59. The second-order valence-corrected chi connectivity index (χ2v) is 8.95. The molecule has 0 radical (unpaired) electrons. The molecule has 2 aromatic carbocycles. The molecule has 1 amide bonds. The van der Waals surface area contributed by atoms with E-state index in [-0.39, 0.29) is 23.0 Å². The molecule has 0 spiro atoms. The zero-order valence-corrected chi connectivity index (χ0v) is 16.4. The maximum atomic E-state index is 12.5. The van der Waals surface area contributed by atoms with Crippen molar-refractivity contribution in [3.63, 3.8) is 0 Å². The molecule has 0 unspecified atom stereocenters. The Morgan fingerprint density at radius 1 is 1.11 bits per heavy atom. The molecule has 0 atom stereocenters. The van der Waals surface area contributed by atoms with Crippen molar-refractivity contribution in [1.29, 1.82) is 0 Å². The van der Waals surface area contributed by atoms with Gasteiger partial charge in [0.15, 0.2) is 9.84 Å². The van der Waals surface area contributed by atoms with E-state index in [9.17, 15) is 31.5 Å². The Morgan fingerprint density at radius 2 is 1.71 bits per heavy atom. The van der Waals surface area contributed by atoms with Crippen LogP contribution in [0.3, 0.4) is 0 Å². The van der Waals surface area contributed by atoms with E-state index in [0.29, 0.717) is 23.3 Å². The molecule has 2 N–H and O–H groups in total. The predicted molar refractivity (Wildman–Crippen MR) is 101 cm³/mol. The number of rotatable bonds is 7. The van der Waals surface area contributed by atoms with Crippen molar-refractivity contribution in [2.24, 2.45) is 0 Å². The van der Waals surface area contributed by atoms with E-state index in [2.05, 4.69) is 4.72 Å². The molecule has 2 aromatic rings. The minimum Gasteiger partial charge on any atom is -0.507 e. The molecule has 0 aliphatic carbocycles. The van der Waals surface area contributed by atoms with E-state index in [1.165, 1.54) is 30.3 Å². The third-order valence-corrected chi connectivity index (χ3v) is 5.65. The van der Waals surface area contributed by atoms with Crippen molar-refractivity contribution in [2.45, 2.75) is 23.9 Å². The Kier molecular flexibility index (Phi) is 7.00. The standard InChI is InChI=1S/C18H18F3NO4S2/c1-28(25,26)16-10-13(4-7-15(16)23)11-17(24)22-27-9-8-12-2-5-14(6-3-12)18(19,20)21/h2-7,10,23H,8-9,11H2,1H3,(H,22,24). The van der Waals surface area contributed by atoms with Crippen LogP contribution in [0.25, 0.3) is 0 Å². The van der Waals surface area contributed by atoms with Gasteiger partial charge < -0.3 is 5.11 Å². The minimum absolute atomic E-state index is 0.0733. The summed E-state index contributed by atoms with van der Waals surface area (Å²) >= 11 is 1.11. The summed E-state index contributed by atoms with van der Waals surface area (Å²) < 4.78 is 63.3. The molecule has 0 aromatic heterocycles. The van der Waals surface area contributed by atoms with Crippen LogP contribution in [0.1, 0.15) is 16.7 Å². The quantitative estimate of drug-likeness (QED) is 0.517. The molecule has 0 fully saturated rings. The molecule has 0 saturated heterocycles. The SMILES string of the molecule is CS(=O)(=O)c1cc(CC(=O)NSCCc2ccc(C(F)(F)F)cc2)ccc1O. The number of carbonyl (C=O) groups excluding carboxylic acids is 1. The first-order valence-electron chi connectivity index (χ1n) is 8.05. The molecule has 0 heterocycles. The molecule has 152 valence electrons. The van der Waals surface area contributed by atoms with Crippen LogP contribution in [0, 0.1) is 0 Å². The summed E-state index contributed by atoms with van der Waals surface area (Å²) in [4.78, 5) is 11.7. The normalized spacial score (nSPS) is 12.0. The first-order valence-corrected chi connectivity index (χ1v) is 10.9. The van der Waals surface area contributed by atoms with Crippen LogP contribution in [0.5, 0.6) is 5.75 Å². The summed E-state index contributed by atoms with van der Waals surface area (Å²) in [6, 6.07) is 8.75. The fourth-order valence-corrected chi connectivity index (χ4v) is 3.83. The third-order valence-electron chi connectivity index (χ3n) is 3.75. The molecule has 5 nitrogen and oxygen atoms in total. The highest BCUT2D eigenvalue weighted by atomic mass is 32.2. The van der Waals surface area contributed by atoms with Crippen LogP contribution in [0.4, 0.5) is 13.2 Å². The monoisotopic (exact) mass is 433 g/mol. The number of amides is 1. The van der Waals surface area contributed by atoms with Gasteiger partial charge in [0.25, 0.3) is 0 Å². The number of hydrogen-bond acceptors (Lipinski definition) is 5. The molecule has 0 bridgehead atoms. The highest BCUT2D eigenvalue weighted by Crippen LogP contribution is 2.29. The van der Waals surface area contributed by atoms with E-state index in [0.717, 1.165) is 30.3 Å². The van der Waals surface area contributed by atoms with Crippen molar-refractivity contribution in [3.8, 4) is 5.75 Å². The van der Waals surface area contributed by atoms with Gasteiger partial charge in [-0.15, -0.1) is 0 Å². The van der Waals surface area contributed by atoms with Gasteiger partial charge in [-0.3, -0.25) is 9.52 Å². The van der Waals surface area contributed by atoms with Crippen LogP contribution < -0.4 is 4.72 Å². The molecule has 0 aliphatic heterocycles. The molecule has 0 aliphatic rings. The third kappa shape index (κ3) is 6.45. The highest BCUT2D eigenvalue weighted by molar-refractivity contribution is 7.97. The number of hydrogen-bond donors (Lipinski definition) is 2. The Morgan fingerprint density at radius 3 is 2.29 bits per heavy atom. The summed E-state index contributed by atoms with van der Waals surface area (Å²) in [5, 5.41) is 9.60. The van der Waals surface area contributed by atoms with Crippen molar-refractivity contribution in [2.75, 3.05) is 12.0 Å². The first-order chi connectivity index (χ1) is 13.0. The van der Waals surface area contributed by atoms with E-state index < -0.39 is 21.6 Å². The highest BCUT2D eigenvalue weighted by Gasteiger charge is 2.29. The summed E-state index contributed by atoms with van der Waals surface area (Å²) in [5.41, 5.74) is 0.435. The maximum absolute atomic E-state index is 12.5. The fraction of sp³-hybridized carbons (Fsp3) is 0.278. The molecular weight excluding hydrogens is 415 g/mol. The van der Waals surface area contributed by atoms with Gasteiger partial charge in [-0.2, -0.15) is 13.2 Å². The summed E-state index contributed by atoms with van der Waals surface area (Å²) in [6.45, 7) is 0. The summed E-state index contributed by atoms with van der Waals surface area (Å²) in [6.07, 6.45) is -3.01. The van der Waals surface area contributed by atoms with Crippen LogP contribution in [0.15, 0.2) is 47.4 Å². The molecular formula is C18H18F3NO4S2. The number of phenols is 1. The van der Waals surface area contributed by atoms with Crippen molar-refractivity contribution in [1.82, 2.24) is 4.72 Å². The maximum Gasteiger partial charge on any atom is 0.416 e. The van der Waals surface area contributed by atoms with Gasteiger partial charge >= 0.3 is 6.18 Å². The lowest BCUT2D eigenvalue weighted by Crippen LogP contribution is -2.19. The lowest BCUT2D eigenvalue weighted by molar-refractivity contribution is -0.137. The summed E-state index contributed by atoms with van der Waals surface area (Å²) in [5.74, 6) is -0.276. The number of alkyl halides is 3. The van der Waals surface area contributed by atoms with Gasteiger partial charge in [0.1, 0.15) is 10.6 Å². The number of halogens is 3. The number of carbonyl (C=O) groups is 1. The smallest absolute Gasteiger partial charge is 0.416 e. The molecule has 0 saturated carbocycles. The van der Waals surface area contributed by atoms with E-state index in [1.807, 2.05) is 0 Å². The number of benzene rings is 2. The largest absolute Gasteiger partial charge is 0.507 e. The molecule has 2 rings (SSSR count). The van der Waals surface area contributed by atoms with Gasteiger partial charge in [0.2, 0.25) is 5.91 Å². The van der Waals surface area contributed by atoms with Gasteiger partial charge in [-0.1, -0.05) is 30.1 Å². The lowest BCUT2D eigenvalue weighted by atomic mass is 10.1. The number of aryl methyl sites for hydroxylation is 1. The van der Waals surface area contributed by atoms with Gasteiger partial charge in [0, 0.05) is 12.0 Å². The van der Waals surface area contributed by atoms with Crippen molar-refractivity contribution in [3.05, 3.63) is 59.2 Å². The Bertz CT molecular complexity index is 942. The molecule has 10 heteroatoms. The average molecular weight is 433 g/mol. The zero-order valence-electron chi connectivity index (χ0n) is 14.8. The van der Waals surface area contributed by atoms with Crippen LogP contribution in [-0.4, -0.2) is 31.4 Å². The minimum atomic E-state index is -4.37. The second kappa shape index (κ2) is 8.87. The molecule has 28 heavy (non-hydrogen) atoms. The number of sulfone groups is 1. The van der Waals surface area contributed by atoms with Crippen LogP contribution in [0.2, 0.25) is 0 Å². The van der Waals surface area contributed by atoms with Crippen molar-refractivity contribution >= 4 is 27.7 Å². The Labute approximate surface area is 165 Å². The predicted octanol–water partition coefficient (Wildman–Crippen LogP) is 3.36. The lowest BCUT2D eigenvalue weighted by Gasteiger charge is -2.08. The van der Waals surface area contributed by atoms with Crippen LogP contribution in [-0.2, 0) is 33.6 Å². The summed E-state index contributed by atoms with van der Waals surface area (Å²) in [7, 11) is -3.61. The van der Waals surface area contributed by atoms with E-state index in [1.54, 1.807) is 0 Å². The topological polar surface area (TPSA) is 83.5 Å². The zero-order chi connectivity index (χ0) is 20.9. The second-order valence-electron chi connectivity index (χ2n) is 6.07. The van der Waals surface area contributed by atoms with Crippen molar-refractivity contribution < 1.29 is 31.5 Å². The van der Waals surface area contributed by atoms with Gasteiger partial charge in [-0.05, 0) is 41.8 Å². The van der Waals surface area contributed by atoms with Gasteiger partial charge in [-0.25, -0.2) is 8.42 Å². The Hall–Kier alpha value is -2.20. The van der Waals surface area contributed by atoms with E-state index >= 15 is 0 Å². The van der Waals surface area contributed by atoms with Gasteiger partial charge in [0.05, 0.1) is 12.0 Å². The number of nitrogens with one attached hydrogen (secondary N) is 1. The van der Waals surface area contributed by atoms with Crippen LogP contribution >= 0.6 is 11.9 Å². The fourth-order valence-electron chi connectivity index (χ4n) is 2.35. The number of phenolic OH excluding ortho intramolecular Hbond substituents is 1. The number of aromatic hydroxyl groups is 1. The van der Waals surface area contributed by atoms with E-state index in [4.69, 9.17) is 0 Å². The Balaban J connectivity index is 1.82. The first kappa shape index (κ1) is 22.1.